The molecule has 0 bridgehead atoms. The third kappa shape index (κ3) is 4.46. The highest BCUT2D eigenvalue weighted by Crippen LogP contribution is 2.33. The maximum Gasteiger partial charge on any atom is 0.278 e. The highest BCUT2D eigenvalue weighted by atomic mass is 32.1. The van der Waals surface area contributed by atoms with Gasteiger partial charge in [0, 0.05) is 23.7 Å². The molecular formula is C21H24N2O3S. The summed E-state index contributed by atoms with van der Waals surface area (Å²) in [6, 6.07) is 11.5. The SMILES string of the molecule is Cc1cccc(NC2=C(c3cccs3)C(=O)N(CCCOC(C)C)C2=O)c1. The maximum absolute atomic E-state index is 13.0. The Kier molecular flexibility index (Phi) is 6.08. The first-order valence-electron chi connectivity index (χ1n) is 9.07. The largest absolute Gasteiger partial charge is 0.379 e. The van der Waals surface area contributed by atoms with Gasteiger partial charge in [-0.25, -0.2) is 0 Å². The maximum atomic E-state index is 13.0. The molecule has 6 heteroatoms. The van der Waals surface area contributed by atoms with Gasteiger partial charge in [-0.2, -0.15) is 0 Å². The van der Waals surface area contributed by atoms with Crippen molar-refractivity contribution in [1.82, 2.24) is 4.90 Å². The zero-order valence-corrected chi connectivity index (χ0v) is 16.6. The number of carbonyl (C=O) groups is 2. The molecule has 0 spiro atoms. The predicted molar refractivity (Wildman–Crippen MR) is 108 cm³/mol. The third-order valence-electron chi connectivity index (χ3n) is 4.20. The highest BCUT2D eigenvalue weighted by Gasteiger charge is 2.39. The fraction of sp³-hybridized carbons (Fsp3) is 0.333. The quantitative estimate of drug-likeness (QED) is 0.551. The van der Waals surface area contributed by atoms with E-state index in [9.17, 15) is 9.59 Å². The Morgan fingerprint density at radius 1 is 1.15 bits per heavy atom. The summed E-state index contributed by atoms with van der Waals surface area (Å²) in [5, 5.41) is 5.09. The summed E-state index contributed by atoms with van der Waals surface area (Å²) in [6.45, 7) is 6.78. The standard InChI is InChI=1S/C21H24N2O3S/c1-14(2)26-11-6-10-23-20(24)18(17-9-5-12-27-17)19(21(23)25)22-16-8-4-7-15(3)13-16/h4-5,7-9,12-14,22H,6,10-11H2,1-3H3. The molecule has 142 valence electrons. The topological polar surface area (TPSA) is 58.6 Å². The number of anilines is 1. The lowest BCUT2D eigenvalue weighted by Gasteiger charge is -2.16. The van der Waals surface area contributed by atoms with Gasteiger partial charge >= 0.3 is 0 Å². The van der Waals surface area contributed by atoms with Gasteiger partial charge in [-0.3, -0.25) is 14.5 Å². The number of aryl methyl sites for hydroxylation is 1. The molecule has 0 atom stereocenters. The van der Waals surface area contributed by atoms with E-state index in [-0.39, 0.29) is 17.9 Å². The van der Waals surface area contributed by atoms with Gasteiger partial charge < -0.3 is 10.1 Å². The summed E-state index contributed by atoms with van der Waals surface area (Å²) in [5.41, 5.74) is 2.67. The van der Waals surface area contributed by atoms with Crippen LogP contribution in [0.2, 0.25) is 0 Å². The van der Waals surface area contributed by atoms with Crippen LogP contribution in [-0.2, 0) is 14.3 Å². The second-order valence-electron chi connectivity index (χ2n) is 6.76. The summed E-state index contributed by atoms with van der Waals surface area (Å²) >= 11 is 1.46. The van der Waals surface area contributed by atoms with E-state index in [1.54, 1.807) is 0 Å². The summed E-state index contributed by atoms with van der Waals surface area (Å²) in [4.78, 5) is 28.1. The van der Waals surface area contributed by atoms with Crippen LogP contribution in [0.4, 0.5) is 5.69 Å². The van der Waals surface area contributed by atoms with Crippen LogP contribution in [0.5, 0.6) is 0 Å². The number of amides is 2. The van der Waals surface area contributed by atoms with Crippen LogP contribution in [0.1, 0.15) is 30.7 Å². The van der Waals surface area contributed by atoms with E-state index in [2.05, 4.69) is 5.32 Å². The van der Waals surface area contributed by atoms with Crippen molar-refractivity contribution in [2.24, 2.45) is 0 Å². The van der Waals surface area contributed by atoms with E-state index >= 15 is 0 Å². The minimum atomic E-state index is -0.283. The lowest BCUT2D eigenvalue weighted by Crippen LogP contribution is -2.34. The molecule has 0 radical (unpaired) electrons. The number of thiophene rings is 1. The Hall–Kier alpha value is -2.44. The van der Waals surface area contributed by atoms with Gasteiger partial charge in [-0.1, -0.05) is 18.2 Å². The molecule has 1 aliphatic rings. The molecule has 3 rings (SSSR count). The van der Waals surface area contributed by atoms with E-state index in [0.29, 0.717) is 30.8 Å². The Labute approximate surface area is 163 Å². The average Bonchev–Trinajstić information content (AvgIpc) is 3.21. The molecule has 0 unspecified atom stereocenters. The number of carbonyl (C=O) groups excluding carboxylic acids is 2. The first-order chi connectivity index (χ1) is 13.0. The van der Waals surface area contributed by atoms with Crippen molar-refractivity contribution in [2.75, 3.05) is 18.5 Å². The zero-order valence-electron chi connectivity index (χ0n) is 15.8. The van der Waals surface area contributed by atoms with Gasteiger partial charge in [-0.05, 0) is 56.3 Å². The van der Waals surface area contributed by atoms with Crippen molar-refractivity contribution >= 4 is 34.4 Å². The van der Waals surface area contributed by atoms with Crippen molar-refractivity contribution < 1.29 is 14.3 Å². The molecule has 27 heavy (non-hydrogen) atoms. The number of nitrogens with zero attached hydrogens (tertiary/aromatic N) is 1. The summed E-state index contributed by atoms with van der Waals surface area (Å²) in [5.74, 6) is -0.531. The number of nitrogens with one attached hydrogen (secondary N) is 1. The van der Waals surface area contributed by atoms with Crippen LogP contribution in [0.15, 0.2) is 47.5 Å². The van der Waals surface area contributed by atoms with E-state index in [4.69, 9.17) is 4.74 Å². The average molecular weight is 385 g/mol. The van der Waals surface area contributed by atoms with Gasteiger partial charge in [-0.15, -0.1) is 11.3 Å². The number of imide groups is 1. The Balaban J connectivity index is 1.84. The van der Waals surface area contributed by atoms with Crippen molar-refractivity contribution in [3.63, 3.8) is 0 Å². The molecule has 0 saturated carbocycles. The molecule has 0 saturated heterocycles. The number of ether oxygens (including phenoxy) is 1. The van der Waals surface area contributed by atoms with Crippen LogP contribution >= 0.6 is 11.3 Å². The van der Waals surface area contributed by atoms with Crippen molar-refractivity contribution in [3.8, 4) is 0 Å². The normalized spacial score (nSPS) is 14.6. The molecule has 1 aliphatic heterocycles. The molecule has 0 aliphatic carbocycles. The van der Waals surface area contributed by atoms with Gasteiger partial charge in [0.1, 0.15) is 5.70 Å². The molecule has 2 aromatic rings. The Bertz CT molecular complexity index is 856. The number of rotatable bonds is 8. The second kappa shape index (κ2) is 8.50. The van der Waals surface area contributed by atoms with Gasteiger partial charge in [0.2, 0.25) is 0 Å². The molecule has 1 aromatic heterocycles. The summed E-state index contributed by atoms with van der Waals surface area (Å²) in [6.07, 6.45) is 0.749. The first-order valence-corrected chi connectivity index (χ1v) is 9.95. The first kappa shape index (κ1) is 19.3. The molecule has 0 fully saturated rings. The molecule has 5 nitrogen and oxygen atoms in total. The molecule has 2 amide bonds. The van der Waals surface area contributed by atoms with E-state index in [1.807, 2.05) is 62.5 Å². The van der Waals surface area contributed by atoms with E-state index in [1.165, 1.54) is 16.2 Å². The second-order valence-corrected chi connectivity index (χ2v) is 7.70. The zero-order chi connectivity index (χ0) is 19.4. The monoisotopic (exact) mass is 384 g/mol. The highest BCUT2D eigenvalue weighted by molar-refractivity contribution is 7.11. The number of hydrogen-bond acceptors (Lipinski definition) is 5. The fourth-order valence-corrected chi connectivity index (χ4v) is 3.72. The Morgan fingerprint density at radius 3 is 2.63 bits per heavy atom. The van der Waals surface area contributed by atoms with Crippen LogP contribution in [0.25, 0.3) is 5.57 Å². The van der Waals surface area contributed by atoms with Crippen LogP contribution in [0.3, 0.4) is 0 Å². The number of benzene rings is 1. The van der Waals surface area contributed by atoms with Crippen molar-refractivity contribution in [2.45, 2.75) is 33.3 Å². The smallest absolute Gasteiger partial charge is 0.278 e. The predicted octanol–water partition coefficient (Wildman–Crippen LogP) is 4.06. The minimum Gasteiger partial charge on any atom is -0.379 e. The van der Waals surface area contributed by atoms with Crippen molar-refractivity contribution in [1.29, 1.82) is 0 Å². The minimum absolute atomic E-state index is 0.133. The molecular weight excluding hydrogens is 360 g/mol. The molecule has 1 N–H and O–H groups in total. The van der Waals surface area contributed by atoms with Gasteiger partial charge in [0.25, 0.3) is 11.8 Å². The third-order valence-corrected chi connectivity index (χ3v) is 5.09. The van der Waals surface area contributed by atoms with Gasteiger partial charge in [0.15, 0.2) is 0 Å². The molecule has 1 aromatic carbocycles. The van der Waals surface area contributed by atoms with E-state index in [0.717, 1.165) is 16.1 Å². The summed E-state index contributed by atoms with van der Waals surface area (Å²) in [7, 11) is 0. The molecule has 2 heterocycles. The number of hydrogen-bond donors (Lipinski definition) is 1. The lowest BCUT2D eigenvalue weighted by molar-refractivity contribution is -0.137. The van der Waals surface area contributed by atoms with Crippen LogP contribution in [0, 0.1) is 6.92 Å². The van der Waals surface area contributed by atoms with Crippen LogP contribution in [-0.4, -0.2) is 36.0 Å². The van der Waals surface area contributed by atoms with E-state index < -0.39 is 0 Å². The summed E-state index contributed by atoms with van der Waals surface area (Å²) < 4.78 is 5.53. The van der Waals surface area contributed by atoms with Gasteiger partial charge in [0.05, 0.1) is 11.7 Å². The lowest BCUT2D eigenvalue weighted by atomic mass is 10.1. The van der Waals surface area contributed by atoms with Crippen molar-refractivity contribution in [3.05, 3.63) is 57.9 Å². The Morgan fingerprint density at radius 2 is 1.96 bits per heavy atom. The van der Waals surface area contributed by atoms with Crippen LogP contribution < -0.4 is 5.32 Å². The fourth-order valence-electron chi connectivity index (χ4n) is 2.95.